The van der Waals surface area contributed by atoms with E-state index in [-0.39, 0.29) is 0 Å². The van der Waals surface area contributed by atoms with Crippen molar-refractivity contribution in [2.45, 2.75) is 45.1 Å². The van der Waals surface area contributed by atoms with Crippen molar-refractivity contribution < 1.29 is 4.74 Å². The van der Waals surface area contributed by atoms with Crippen LogP contribution in [-0.2, 0) is 19.3 Å². The van der Waals surface area contributed by atoms with Crippen LogP contribution in [0.1, 0.15) is 35.9 Å². The molecule has 0 N–H and O–H groups in total. The molecule has 2 aromatic rings. The number of hydrogen-bond donors (Lipinski definition) is 0. The van der Waals surface area contributed by atoms with E-state index in [1.165, 1.54) is 35.5 Å². The fourth-order valence-electron chi connectivity index (χ4n) is 3.64. The Bertz CT molecular complexity index is 612. The van der Waals surface area contributed by atoms with E-state index in [1.807, 2.05) is 6.20 Å². The molecule has 0 radical (unpaired) electrons. The Kier molecular flexibility index (Phi) is 5.68. The molecule has 0 fully saturated rings. The maximum Gasteiger partial charge on any atom is 0.122 e. The molecule has 0 spiro atoms. The molecule has 1 aromatic carbocycles. The second-order valence-corrected chi connectivity index (χ2v) is 7.19. The summed E-state index contributed by atoms with van der Waals surface area (Å²) < 4.78 is 5.53. The lowest BCUT2D eigenvalue weighted by Crippen LogP contribution is -2.41. The molecule has 1 aliphatic carbocycles. The molecule has 0 aliphatic heterocycles. The summed E-state index contributed by atoms with van der Waals surface area (Å²) in [5.74, 6) is 1.06. The highest BCUT2D eigenvalue weighted by molar-refractivity contribution is 7.09. The summed E-state index contributed by atoms with van der Waals surface area (Å²) in [7, 11) is 1.78. The monoisotopic (exact) mass is 330 g/mol. The van der Waals surface area contributed by atoms with Crippen molar-refractivity contribution in [1.29, 1.82) is 0 Å². The Morgan fingerprint density at radius 1 is 1.35 bits per heavy atom. The lowest BCUT2D eigenvalue weighted by molar-refractivity contribution is 0.181. The highest BCUT2D eigenvalue weighted by atomic mass is 32.1. The predicted octanol–water partition coefficient (Wildman–Crippen LogP) is 3.96. The van der Waals surface area contributed by atoms with Crippen LogP contribution < -0.4 is 4.74 Å². The largest absolute Gasteiger partial charge is 0.496 e. The molecule has 3 nitrogen and oxygen atoms in total. The maximum atomic E-state index is 5.53. The van der Waals surface area contributed by atoms with Gasteiger partial charge in [0.25, 0.3) is 0 Å². The van der Waals surface area contributed by atoms with E-state index in [9.17, 15) is 0 Å². The van der Waals surface area contributed by atoms with Gasteiger partial charge in [-0.2, -0.15) is 0 Å². The highest BCUT2D eigenvalue weighted by Gasteiger charge is 2.25. The molecule has 23 heavy (non-hydrogen) atoms. The maximum absolute atomic E-state index is 5.53. The van der Waals surface area contributed by atoms with Gasteiger partial charge >= 0.3 is 0 Å². The number of methoxy groups -OCH3 is 1. The number of thiazole rings is 1. The second kappa shape index (κ2) is 7.93. The van der Waals surface area contributed by atoms with Gasteiger partial charge in [-0.25, -0.2) is 4.98 Å². The van der Waals surface area contributed by atoms with E-state index < -0.39 is 0 Å². The number of rotatable bonds is 7. The van der Waals surface area contributed by atoms with E-state index in [1.54, 1.807) is 18.4 Å². The van der Waals surface area contributed by atoms with Crippen molar-refractivity contribution in [2.24, 2.45) is 0 Å². The van der Waals surface area contributed by atoms with Gasteiger partial charge in [0, 0.05) is 30.6 Å². The Morgan fingerprint density at radius 3 is 3.00 bits per heavy atom. The summed E-state index contributed by atoms with van der Waals surface area (Å²) >= 11 is 1.77. The van der Waals surface area contributed by atoms with Crippen LogP contribution in [0.2, 0.25) is 0 Å². The molecule has 1 heterocycles. The zero-order chi connectivity index (χ0) is 16.1. The Balaban J connectivity index is 1.68. The smallest absolute Gasteiger partial charge is 0.122 e. The predicted molar refractivity (Wildman–Crippen MR) is 96.5 cm³/mol. The minimum absolute atomic E-state index is 0.648. The summed E-state index contributed by atoms with van der Waals surface area (Å²) in [5, 5.41) is 3.33. The van der Waals surface area contributed by atoms with E-state index in [4.69, 9.17) is 4.74 Å². The van der Waals surface area contributed by atoms with Crippen molar-refractivity contribution in [2.75, 3.05) is 20.2 Å². The van der Waals surface area contributed by atoms with Gasteiger partial charge in [0.1, 0.15) is 5.75 Å². The normalized spacial score (nSPS) is 17.3. The molecule has 1 aliphatic rings. The first kappa shape index (κ1) is 16.5. The van der Waals surface area contributed by atoms with E-state index in [0.717, 1.165) is 31.6 Å². The molecule has 0 saturated heterocycles. The zero-order valence-electron chi connectivity index (χ0n) is 14.1. The third-order valence-electron chi connectivity index (χ3n) is 4.76. The van der Waals surface area contributed by atoms with Crippen LogP contribution in [0, 0.1) is 0 Å². The summed E-state index contributed by atoms with van der Waals surface area (Å²) in [6.07, 6.45) is 7.68. The Labute approximate surface area is 143 Å². The van der Waals surface area contributed by atoms with Crippen molar-refractivity contribution >= 4 is 11.3 Å². The van der Waals surface area contributed by atoms with E-state index in [0.29, 0.717) is 6.04 Å². The lowest BCUT2D eigenvalue weighted by atomic mass is 9.86. The van der Waals surface area contributed by atoms with Gasteiger partial charge in [-0.05, 0) is 49.4 Å². The number of nitrogens with zero attached hydrogens (tertiary/aromatic N) is 2. The zero-order valence-corrected chi connectivity index (χ0v) is 14.9. The van der Waals surface area contributed by atoms with Gasteiger partial charge in [0.2, 0.25) is 0 Å². The molecule has 0 saturated carbocycles. The van der Waals surface area contributed by atoms with E-state index >= 15 is 0 Å². The SMILES string of the molecule is CCCN(CCc1nccs1)C1CCc2c(cccc2OC)C1. The Morgan fingerprint density at radius 2 is 2.26 bits per heavy atom. The summed E-state index contributed by atoms with van der Waals surface area (Å²) in [6, 6.07) is 7.13. The highest BCUT2D eigenvalue weighted by Crippen LogP contribution is 2.31. The van der Waals surface area contributed by atoms with Crippen LogP contribution in [-0.4, -0.2) is 36.1 Å². The van der Waals surface area contributed by atoms with Crippen molar-refractivity contribution in [3.8, 4) is 5.75 Å². The molecule has 124 valence electrons. The summed E-state index contributed by atoms with van der Waals surface area (Å²) in [6.45, 7) is 4.57. The third-order valence-corrected chi connectivity index (χ3v) is 5.60. The minimum atomic E-state index is 0.648. The molecule has 1 unspecified atom stereocenters. The standard InChI is InChI=1S/C19H26N2OS/c1-3-11-21(12-9-19-20-10-13-23-19)16-7-8-17-15(14-16)5-4-6-18(17)22-2/h4-6,10,13,16H,3,7-9,11-12,14H2,1-2H3. The van der Waals surface area contributed by atoms with Gasteiger partial charge in [-0.1, -0.05) is 19.1 Å². The number of hydrogen-bond acceptors (Lipinski definition) is 4. The molecule has 4 heteroatoms. The van der Waals surface area contributed by atoms with Crippen LogP contribution in [0.3, 0.4) is 0 Å². The number of fused-ring (bicyclic) bond motifs is 1. The van der Waals surface area contributed by atoms with Crippen LogP contribution in [0.15, 0.2) is 29.8 Å². The quantitative estimate of drug-likeness (QED) is 0.768. The first-order chi connectivity index (χ1) is 11.3. The summed E-state index contributed by atoms with van der Waals surface area (Å²) in [4.78, 5) is 7.10. The molecule has 3 rings (SSSR count). The summed E-state index contributed by atoms with van der Waals surface area (Å²) in [5.41, 5.74) is 2.89. The minimum Gasteiger partial charge on any atom is -0.496 e. The average Bonchev–Trinajstić information content (AvgIpc) is 3.11. The van der Waals surface area contributed by atoms with Gasteiger partial charge in [0.05, 0.1) is 12.1 Å². The second-order valence-electron chi connectivity index (χ2n) is 6.21. The molecular weight excluding hydrogens is 304 g/mol. The fourth-order valence-corrected chi connectivity index (χ4v) is 4.25. The van der Waals surface area contributed by atoms with Crippen LogP contribution >= 0.6 is 11.3 Å². The number of ether oxygens (including phenoxy) is 1. The van der Waals surface area contributed by atoms with Crippen molar-refractivity contribution in [1.82, 2.24) is 9.88 Å². The van der Waals surface area contributed by atoms with Gasteiger partial charge in [-0.15, -0.1) is 11.3 Å². The first-order valence-electron chi connectivity index (χ1n) is 8.59. The van der Waals surface area contributed by atoms with Crippen LogP contribution in [0.25, 0.3) is 0 Å². The van der Waals surface area contributed by atoms with Gasteiger partial charge in [-0.3, -0.25) is 4.90 Å². The number of aromatic nitrogens is 1. The molecule has 0 amide bonds. The van der Waals surface area contributed by atoms with Crippen molar-refractivity contribution in [3.63, 3.8) is 0 Å². The van der Waals surface area contributed by atoms with Gasteiger partial charge in [0.15, 0.2) is 0 Å². The van der Waals surface area contributed by atoms with Crippen LogP contribution in [0.5, 0.6) is 5.75 Å². The average molecular weight is 330 g/mol. The third kappa shape index (κ3) is 3.93. The fraction of sp³-hybridized carbons (Fsp3) is 0.526. The molecule has 0 bridgehead atoms. The van der Waals surface area contributed by atoms with Crippen LogP contribution in [0.4, 0.5) is 0 Å². The Hall–Kier alpha value is -1.39. The topological polar surface area (TPSA) is 25.4 Å². The van der Waals surface area contributed by atoms with E-state index in [2.05, 4.69) is 40.4 Å². The number of benzene rings is 1. The molecule has 1 atom stereocenters. The van der Waals surface area contributed by atoms with Crippen molar-refractivity contribution in [3.05, 3.63) is 45.9 Å². The van der Waals surface area contributed by atoms with Gasteiger partial charge < -0.3 is 4.74 Å². The lowest BCUT2D eigenvalue weighted by Gasteiger charge is -2.35. The molecular formula is C19H26N2OS. The first-order valence-corrected chi connectivity index (χ1v) is 9.47. The molecule has 1 aromatic heterocycles.